The van der Waals surface area contributed by atoms with Crippen molar-refractivity contribution in [3.05, 3.63) is 0 Å². The van der Waals surface area contributed by atoms with E-state index in [0.717, 1.165) is 19.1 Å². The van der Waals surface area contributed by atoms with Crippen molar-refractivity contribution < 1.29 is 4.74 Å². The van der Waals surface area contributed by atoms with Crippen molar-refractivity contribution in [2.75, 3.05) is 13.2 Å². The smallest absolute Gasteiger partial charge is 0.0906 e. The molecule has 2 heterocycles. The quantitative estimate of drug-likeness (QED) is 0.550. The van der Waals surface area contributed by atoms with E-state index in [1.54, 1.807) is 0 Å². The minimum Gasteiger partial charge on any atom is -0.373 e. The normalized spacial score (nSPS) is 47.7. The van der Waals surface area contributed by atoms with Crippen LogP contribution in [0.15, 0.2) is 0 Å². The summed E-state index contributed by atoms with van der Waals surface area (Å²) in [6.07, 6.45) is 0.539. The van der Waals surface area contributed by atoms with Crippen LogP contribution in [0.4, 0.5) is 0 Å². The molecule has 2 heteroatoms. The highest BCUT2D eigenvalue weighted by Crippen LogP contribution is 2.38. The molecule has 2 unspecified atom stereocenters. The number of rotatable bonds is 1. The van der Waals surface area contributed by atoms with Gasteiger partial charge in [-0.05, 0) is 5.92 Å². The largest absolute Gasteiger partial charge is 0.373 e. The average Bonchev–Trinajstić information content (AvgIpc) is 1.76. The van der Waals surface area contributed by atoms with Crippen molar-refractivity contribution in [1.29, 1.82) is 0 Å². The summed E-state index contributed by atoms with van der Waals surface area (Å²) in [5, 5.41) is 3.43. The van der Waals surface area contributed by atoms with Gasteiger partial charge in [0.15, 0.2) is 0 Å². The first-order chi connectivity index (χ1) is 4.26. The van der Waals surface area contributed by atoms with Gasteiger partial charge in [-0.15, -0.1) is 0 Å². The van der Waals surface area contributed by atoms with Gasteiger partial charge < -0.3 is 10.1 Å². The first kappa shape index (κ1) is 5.69. The van der Waals surface area contributed by atoms with Gasteiger partial charge in [0.2, 0.25) is 0 Å². The van der Waals surface area contributed by atoms with Crippen LogP contribution in [0.25, 0.3) is 0 Å². The summed E-state index contributed by atoms with van der Waals surface area (Å²) in [6, 6.07) is 0. The highest BCUT2D eigenvalue weighted by atomic mass is 16.5. The molecule has 52 valence electrons. The molecule has 0 aliphatic carbocycles. The molecular formula is C7H13NO. The number of fused-ring (bicyclic) bond motifs is 1. The summed E-state index contributed by atoms with van der Waals surface area (Å²) in [7, 11) is 0. The van der Waals surface area contributed by atoms with Gasteiger partial charge in [0.05, 0.1) is 18.2 Å². The minimum atomic E-state index is 0.389. The van der Waals surface area contributed by atoms with Crippen molar-refractivity contribution >= 4 is 0 Å². The summed E-state index contributed by atoms with van der Waals surface area (Å²) >= 11 is 0. The van der Waals surface area contributed by atoms with Gasteiger partial charge in [0.25, 0.3) is 0 Å². The van der Waals surface area contributed by atoms with Crippen LogP contribution in [0.1, 0.15) is 13.8 Å². The van der Waals surface area contributed by atoms with Crippen LogP contribution >= 0.6 is 0 Å². The zero-order chi connectivity index (χ0) is 6.48. The summed E-state index contributed by atoms with van der Waals surface area (Å²) < 4.78 is 5.33. The highest BCUT2D eigenvalue weighted by molar-refractivity contribution is 5.13. The van der Waals surface area contributed by atoms with E-state index in [1.807, 2.05) is 0 Å². The predicted octanol–water partition coefficient (Wildman–Crippen LogP) is 0.383. The van der Waals surface area contributed by atoms with Gasteiger partial charge in [0.1, 0.15) is 0 Å². The third-order valence-electron chi connectivity index (χ3n) is 2.74. The first-order valence-electron chi connectivity index (χ1n) is 3.62. The van der Waals surface area contributed by atoms with Crippen molar-refractivity contribution in [2.45, 2.75) is 25.5 Å². The van der Waals surface area contributed by atoms with E-state index in [2.05, 4.69) is 19.2 Å². The molecule has 2 saturated heterocycles. The SMILES string of the molecule is CC(C)C12COC1CN2. The molecule has 1 N–H and O–H groups in total. The first-order valence-corrected chi connectivity index (χ1v) is 3.62. The Labute approximate surface area is 55.6 Å². The molecular weight excluding hydrogens is 114 g/mol. The van der Waals surface area contributed by atoms with Crippen LogP contribution in [0.3, 0.4) is 0 Å². The van der Waals surface area contributed by atoms with Crippen LogP contribution in [0, 0.1) is 5.92 Å². The third kappa shape index (κ3) is 0.485. The molecule has 2 aliphatic heterocycles. The summed E-state index contributed by atoms with van der Waals surface area (Å²) in [5.74, 6) is 0.727. The van der Waals surface area contributed by atoms with E-state index in [-0.39, 0.29) is 0 Å². The second kappa shape index (κ2) is 1.50. The third-order valence-corrected chi connectivity index (χ3v) is 2.74. The lowest BCUT2D eigenvalue weighted by molar-refractivity contribution is -0.219. The second-order valence-electron chi connectivity index (χ2n) is 3.38. The van der Waals surface area contributed by atoms with Crippen molar-refractivity contribution in [3.63, 3.8) is 0 Å². The number of morpholine rings is 1. The molecule has 2 rings (SSSR count). The lowest BCUT2D eigenvalue weighted by Gasteiger charge is -2.60. The van der Waals surface area contributed by atoms with Crippen LogP contribution in [0.2, 0.25) is 0 Å². The Bertz CT molecular complexity index is 121. The Hall–Kier alpha value is -0.0800. The fraction of sp³-hybridized carbons (Fsp3) is 1.00. The van der Waals surface area contributed by atoms with Gasteiger partial charge in [-0.1, -0.05) is 13.8 Å². The number of hydrogen-bond acceptors (Lipinski definition) is 2. The Balaban J connectivity index is 2.08. The van der Waals surface area contributed by atoms with Gasteiger partial charge in [0, 0.05) is 6.54 Å². The van der Waals surface area contributed by atoms with Crippen LogP contribution < -0.4 is 5.32 Å². The van der Waals surface area contributed by atoms with Gasteiger partial charge in [-0.3, -0.25) is 0 Å². The van der Waals surface area contributed by atoms with Crippen molar-refractivity contribution in [1.82, 2.24) is 5.32 Å². The zero-order valence-corrected chi connectivity index (χ0v) is 5.98. The monoisotopic (exact) mass is 127 g/mol. The zero-order valence-electron chi connectivity index (χ0n) is 5.98. The molecule has 0 bridgehead atoms. The van der Waals surface area contributed by atoms with Gasteiger partial charge in [-0.25, -0.2) is 0 Å². The molecule has 0 aromatic carbocycles. The summed E-state index contributed by atoms with van der Waals surface area (Å²) in [6.45, 7) is 6.50. The van der Waals surface area contributed by atoms with E-state index in [0.29, 0.717) is 11.6 Å². The van der Waals surface area contributed by atoms with Gasteiger partial charge in [-0.2, -0.15) is 0 Å². The van der Waals surface area contributed by atoms with Crippen molar-refractivity contribution in [2.24, 2.45) is 5.92 Å². The fourth-order valence-corrected chi connectivity index (χ4v) is 1.68. The van der Waals surface area contributed by atoms with E-state index in [4.69, 9.17) is 4.74 Å². The van der Waals surface area contributed by atoms with Crippen LogP contribution in [-0.4, -0.2) is 24.8 Å². The summed E-state index contributed by atoms with van der Waals surface area (Å²) in [4.78, 5) is 0. The molecule has 0 spiro atoms. The number of ether oxygens (including phenoxy) is 1. The van der Waals surface area contributed by atoms with Crippen LogP contribution in [-0.2, 0) is 4.74 Å². The molecule has 2 fully saturated rings. The minimum absolute atomic E-state index is 0.389. The molecule has 0 radical (unpaired) electrons. The van der Waals surface area contributed by atoms with Crippen molar-refractivity contribution in [3.8, 4) is 0 Å². The molecule has 0 amide bonds. The lowest BCUT2D eigenvalue weighted by Crippen LogP contribution is -2.81. The number of hydrogen-bond donors (Lipinski definition) is 1. The predicted molar refractivity (Wildman–Crippen MR) is 35.3 cm³/mol. The lowest BCUT2D eigenvalue weighted by atomic mass is 9.72. The molecule has 0 aromatic rings. The second-order valence-corrected chi connectivity index (χ2v) is 3.38. The van der Waals surface area contributed by atoms with Crippen LogP contribution in [0.5, 0.6) is 0 Å². The van der Waals surface area contributed by atoms with E-state index >= 15 is 0 Å². The topological polar surface area (TPSA) is 21.3 Å². The molecule has 9 heavy (non-hydrogen) atoms. The molecule has 2 aliphatic rings. The fourth-order valence-electron chi connectivity index (χ4n) is 1.68. The molecule has 0 saturated carbocycles. The maximum Gasteiger partial charge on any atom is 0.0906 e. The van der Waals surface area contributed by atoms with E-state index < -0.39 is 0 Å². The maximum absolute atomic E-state index is 5.33. The molecule has 2 nitrogen and oxygen atoms in total. The highest BCUT2D eigenvalue weighted by Gasteiger charge is 2.57. The number of nitrogens with one attached hydrogen (secondary N) is 1. The maximum atomic E-state index is 5.33. The Morgan fingerprint density at radius 2 is 2.44 bits per heavy atom. The summed E-state index contributed by atoms with van der Waals surface area (Å²) in [5.41, 5.74) is 0.389. The molecule has 0 aromatic heterocycles. The van der Waals surface area contributed by atoms with Gasteiger partial charge >= 0.3 is 0 Å². The molecule has 2 atom stereocenters. The Morgan fingerprint density at radius 1 is 1.67 bits per heavy atom. The standard InChI is InChI=1S/C7H13NO/c1-5(2)7-4-9-6(7)3-8-7/h5-6,8H,3-4H2,1-2H3. The van der Waals surface area contributed by atoms with E-state index in [9.17, 15) is 0 Å². The Morgan fingerprint density at radius 3 is 2.44 bits per heavy atom. The average molecular weight is 127 g/mol. The Kier molecular flexibility index (Phi) is 0.945. The van der Waals surface area contributed by atoms with E-state index in [1.165, 1.54) is 0 Å².